The summed E-state index contributed by atoms with van der Waals surface area (Å²) in [4.78, 5) is 24.1. The van der Waals surface area contributed by atoms with Crippen molar-refractivity contribution in [3.05, 3.63) is 90.0 Å². The highest BCUT2D eigenvalue weighted by Crippen LogP contribution is 2.22. The van der Waals surface area contributed by atoms with E-state index in [-0.39, 0.29) is 24.8 Å². The van der Waals surface area contributed by atoms with Crippen LogP contribution < -0.4 is 15.4 Å². The lowest BCUT2D eigenvalue weighted by molar-refractivity contribution is 0.0983. The van der Waals surface area contributed by atoms with Crippen LogP contribution in [0.1, 0.15) is 22.3 Å². The van der Waals surface area contributed by atoms with Crippen LogP contribution in [0.5, 0.6) is 11.5 Å². The lowest BCUT2D eigenvalue weighted by Crippen LogP contribution is -2.30. The summed E-state index contributed by atoms with van der Waals surface area (Å²) in [6.45, 7) is 2.24. The number of amides is 2. The van der Waals surface area contributed by atoms with Gasteiger partial charge < -0.3 is 15.4 Å². The Morgan fingerprint density at radius 3 is 2.14 bits per heavy atom. The lowest BCUT2D eigenvalue weighted by atomic mass is 10.1. The number of ketones is 1. The molecule has 5 nitrogen and oxygen atoms in total. The fourth-order valence-corrected chi connectivity index (χ4v) is 2.58. The van der Waals surface area contributed by atoms with Crippen molar-refractivity contribution in [2.45, 2.75) is 13.3 Å². The molecule has 0 radical (unpaired) electrons. The van der Waals surface area contributed by atoms with Crippen LogP contribution in [0.3, 0.4) is 0 Å². The average Bonchev–Trinajstić information content (AvgIpc) is 2.71. The van der Waals surface area contributed by atoms with Gasteiger partial charge in [-0.05, 0) is 43.3 Å². The number of carbonyl (C=O) groups is 2. The molecule has 0 unspecified atom stereocenters. The number of benzene rings is 3. The Kier molecular flexibility index (Phi) is 6.41. The smallest absolute Gasteiger partial charge is 0.319 e. The van der Waals surface area contributed by atoms with Crippen LogP contribution in [0, 0.1) is 6.92 Å². The van der Waals surface area contributed by atoms with Gasteiger partial charge in [0, 0.05) is 24.2 Å². The molecule has 0 aliphatic carbocycles. The fraction of sp³-hybridized carbons (Fsp3) is 0.130. The third-order valence-electron chi connectivity index (χ3n) is 4.10. The number of carbonyl (C=O) groups excluding carboxylic acids is 2. The van der Waals surface area contributed by atoms with Crippen molar-refractivity contribution < 1.29 is 14.3 Å². The summed E-state index contributed by atoms with van der Waals surface area (Å²) in [6, 6.07) is 23.6. The van der Waals surface area contributed by atoms with E-state index >= 15 is 0 Å². The quantitative estimate of drug-likeness (QED) is 0.560. The Balaban J connectivity index is 1.43. The molecule has 3 aromatic carbocycles. The minimum Gasteiger partial charge on any atom is -0.457 e. The van der Waals surface area contributed by atoms with E-state index in [9.17, 15) is 9.59 Å². The lowest BCUT2D eigenvalue weighted by Gasteiger charge is -2.09. The number of nitrogens with one attached hydrogen (secondary N) is 2. The van der Waals surface area contributed by atoms with Crippen LogP contribution in [0.4, 0.5) is 10.5 Å². The van der Waals surface area contributed by atoms with E-state index in [2.05, 4.69) is 10.6 Å². The van der Waals surface area contributed by atoms with E-state index in [1.54, 1.807) is 36.4 Å². The highest BCUT2D eigenvalue weighted by molar-refractivity contribution is 5.96. The van der Waals surface area contributed by atoms with Gasteiger partial charge in [0.1, 0.15) is 11.5 Å². The number of anilines is 1. The maximum Gasteiger partial charge on any atom is 0.319 e. The number of hydrogen-bond acceptors (Lipinski definition) is 3. The van der Waals surface area contributed by atoms with Gasteiger partial charge in [-0.15, -0.1) is 0 Å². The Bertz CT molecular complexity index is 920. The van der Waals surface area contributed by atoms with Gasteiger partial charge in [-0.1, -0.05) is 48.0 Å². The number of para-hydroxylation sites is 1. The number of hydrogen-bond donors (Lipinski definition) is 2. The van der Waals surface area contributed by atoms with Crippen molar-refractivity contribution in [1.82, 2.24) is 5.32 Å². The molecule has 5 heteroatoms. The molecule has 0 saturated heterocycles. The van der Waals surface area contributed by atoms with Gasteiger partial charge in [-0.3, -0.25) is 4.79 Å². The summed E-state index contributed by atoms with van der Waals surface area (Å²) in [6.07, 6.45) is 0.250. The van der Waals surface area contributed by atoms with Crippen LogP contribution >= 0.6 is 0 Å². The second-order valence-electron chi connectivity index (χ2n) is 6.36. The van der Waals surface area contributed by atoms with E-state index in [4.69, 9.17) is 4.74 Å². The first-order chi connectivity index (χ1) is 13.6. The zero-order chi connectivity index (χ0) is 19.8. The highest BCUT2D eigenvalue weighted by Gasteiger charge is 2.07. The van der Waals surface area contributed by atoms with Crippen molar-refractivity contribution >= 4 is 17.5 Å². The summed E-state index contributed by atoms with van der Waals surface area (Å²) >= 11 is 0. The second-order valence-corrected chi connectivity index (χ2v) is 6.36. The van der Waals surface area contributed by atoms with E-state index in [1.807, 2.05) is 49.4 Å². The highest BCUT2D eigenvalue weighted by atomic mass is 16.5. The molecule has 3 rings (SSSR count). The first-order valence-corrected chi connectivity index (χ1v) is 9.08. The third-order valence-corrected chi connectivity index (χ3v) is 4.10. The SMILES string of the molecule is Cc1ccc(C(=O)CCNC(=O)Nc2ccc(Oc3ccccc3)cc2)cc1. The van der Waals surface area contributed by atoms with Gasteiger partial charge in [0.15, 0.2) is 5.78 Å². The average molecular weight is 374 g/mol. The largest absolute Gasteiger partial charge is 0.457 e. The van der Waals surface area contributed by atoms with E-state index < -0.39 is 0 Å². The van der Waals surface area contributed by atoms with Crippen LogP contribution in [0.2, 0.25) is 0 Å². The summed E-state index contributed by atoms with van der Waals surface area (Å²) in [5, 5.41) is 5.43. The summed E-state index contributed by atoms with van der Waals surface area (Å²) in [5.74, 6) is 1.43. The molecule has 2 amide bonds. The van der Waals surface area contributed by atoms with Crippen LogP contribution in [-0.4, -0.2) is 18.4 Å². The van der Waals surface area contributed by atoms with Gasteiger partial charge >= 0.3 is 6.03 Å². The van der Waals surface area contributed by atoms with E-state index in [0.29, 0.717) is 17.0 Å². The first kappa shape index (κ1) is 19.2. The molecule has 3 aromatic rings. The van der Waals surface area contributed by atoms with Gasteiger partial charge in [0.25, 0.3) is 0 Å². The van der Waals surface area contributed by atoms with E-state index in [1.165, 1.54) is 0 Å². The maximum atomic E-state index is 12.1. The molecule has 0 saturated carbocycles. The third kappa shape index (κ3) is 5.71. The second kappa shape index (κ2) is 9.37. The standard InChI is InChI=1S/C23H22N2O3/c1-17-7-9-18(10-8-17)22(26)15-16-24-23(27)25-19-11-13-21(14-12-19)28-20-5-3-2-4-6-20/h2-14H,15-16H2,1H3,(H2,24,25,27). The predicted octanol–water partition coefficient (Wildman–Crippen LogP) is 5.18. The van der Waals surface area contributed by atoms with Gasteiger partial charge in [-0.25, -0.2) is 4.79 Å². The van der Waals surface area contributed by atoms with Crippen molar-refractivity contribution in [2.24, 2.45) is 0 Å². The fourth-order valence-electron chi connectivity index (χ4n) is 2.58. The minimum absolute atomic E-state index is 0.00251. The summed E-state index contributed by atoms with van der Waals surface area (Å²) < 4.78 is 5.71. The Labute approximate surface area is 164 Å². The topological polar surface area (TPSA) is 67.4 Å². The molecule has 0 aliphatic heterocycles. The molecule has 2 N–H and O–H groups in total. The number of rotatable bonds is 7. The number of aryl methyl sites for hydroxylation is 1. The van der Waals surface area contributed by atoms with E-state index in [0.717, 1.165) is 11.3 Å². The van der Waals surface area contributed by atoms with Crippen molar-refractivity contribution in [1.29, 1.82) is 0 Å². The molecular weight excluding hydrogens is 352 g/mol. The molecule has 0 heterocycles. The Hall–Kier alpha value is -3.60. The van der Waals surface area contributed by atoms with Gasteiger partial charge in [-0.2, -0.15) is 0 Å². The molecule has 0 spiro atoms. The number of ether oxygens (including phenoxy) is 1. The van der Waals surface area contributed by atoms with Gasteiger partial charge in [0.2, 0.25) is 0 Å². The molecular formula is C23H22N2O3. The van der Waals surface area contributed by atoms with Crippen molar-refractivity contribution in [3.63, 3.8) is 0 Å². The van der Waals surface area contributed by atoms with Crippen molar-refractivity contribution in [2.75, 3.05) is 11.9 Å². The van der Waals surface area contributed by atoms with Gasteiger partial charge in [0.05, 0.1) is 0 Å². The molecule has 0 atom stereocenters. The molecule has 142 valence electrons. The normalized spacial score (nSPS) is 10.2. The minimum atomic E-state index is -0.353. The predicted molar refractivity (Wildman–Crippen MR) is 110 cm³/mol. The zero-order valence-corrected chi connectivity index (χ0v) is 15.6. The molecule has 0 fully saturated rings. The van der Waals surface area contributed by atoms with Crippen LogP contribution in [0.15, 0.2) is 78.9 Å². The molecule has 0 aromatic heterocycles. The maximum absolute atomic E-state index is 12.1. The first-order valence-electron chi connectivity index (χ1n) is 9.08. The van der Waals surface area contributed by atoms with Crippen LogP contribution in [-0.2, 0) is 0 Å². The molecule has 0 bridgehead atoms. The Morgan fingerprint density at radius 2 is 1.46 bits per heavy atom. The van der Waals surface area contributed by atoms with Crippen molar-refractivity contribution in [3.8, 4) is 11.5 Å². The summed E-state index contributed by atoms with van der Waals surface area (Å²) in [7, 11) is 0. The number of Topliss-reactive ketones (excluding diaryl/α,β-unsaturated/α-hetero) is 1. The molecule has 28 heavy (non-hydrogen) atoms. The zero-order valence-electron chi connectivity index (χ0n) is 15.6. The van der Waals surface area contributed by atoms with Crippen LogP contribution in [0.25, 0.3) is 0 Å². The number of urea groups is 1. The Morgan fingerprint density at radius 1 is 0.821 bits per heavy atom. The molecule has 0 aliphatic rings. The summed E-state index contributed by atoms with van der Waals surface area (Å²) in [5.41, 5.74) is 2.40. The monoisotopic (exact) mass is 374 g/mol.